The molecule has 2 aliphatic heterocycles. The SMILES string of the molecule is O=C(C1CCCN1C(=O)c1ccco1)N1CCN(c2ccnc(-c3ccccc3)n2)CC1. The third-order valence-electron chi connectivity index (χ3n) is 6.12. The van der Waals surface area contributed by atoms with Gasteiger partial charge in [0.1, 0.15) is 11.9 Å². The predicted octanol–water partition coefficient (Wildman–Crippen LogP) is 2.69. The highest BCUT2D eigenvalue weighted by molar-refractivity contribution is 5.96. The van der Waals surface area contributed by atoms with E-state index in [9.17, 15) is 9.59 Å². The second kappa shape index (κ2) is 8.82. The molecule has 1 atom stereocenters. The normalized spacial score (nSPS) is 18.8. The largest absolute Gasteiger partial charge is 0.459 e. The number of aromatic nitrogens is 2. The van der Waals surface area contributed by atoms with E-state index in [2.05, 4.69) is 9.88 Å². The molecule has 0 spiro atoms. The monoisotopic (exact) mass is 431 g/mol. The Kier molecular flexibility index (Phi) is 5.58. The van der Waals surface area contributed by atoms with Crippen LogP contribution in [-0.2, 0) is 4.79 Å². The van der Waals surface area contributed by atoms with Crippen molar-refractivity contribution in [3.05, 3.63) is 66.8 Å². The van der Waals surface area contributed by atoms with Crippen LogP contribution in [0.4, 0.5) is 5.82 Å². The molecule has 0 saturated carbocycles. The topological polar surface area (TPSA) is 82.8 Å². The molecule has 2 aliphatic rings. The third kappa shape index (κ3) is 3.95. The summed E-state index contributed by atoms with van der Waals surface area (Å²) in [7, 11) is 0. The zero-order valence-electron chi connectivity index (χ0n) is 17.8. The number of furan rings is 1. The summed E-state index contributed by atoms with van der Waals surface area (Å²) >= 11 is 0. The lowest BCUT2D eigenvalue weighted by atomic mass is 10.1. The molecule has 2 saturated heterocycles. The van der Waals surface area contributed by atoms with E-state index in [1.165, 1.54) is 6.26 Å². The summed E-state index contributed by atoms with van der Waals surface area (Å²) in [4.78, 5) is 40.8. The second-order valence-electron chi connectivity index (χ2n) is 8.05. The van der Waals surface area contributed by atoms with Crippen LogP contribution in [-0.4, -0.2) is 70.3 Å². The second-order valence-corrected chi connectivity index (χ2v) is 8.05. The summed E-state index contributed by atoms with van der Waals surface area (Å²) in [5.74, 6) is 1.65. The van der Waals surface area contributed by atoms with Gasteiger partial charge in [0.2, 0.25) is 5.91 Å². The molecule has 0 aliphatic carbocycles. The van der Waals surface area contributed by atoms with Gasteiger partial charge in [0.05, 0.1) is 6.26 Å². The van der Waals surface area contributed by atoms with Crippen molar-refractivity contribution >= 4 is 17.6 Å². The van der Waals surface area contributed by atoms with Crippen LogP contribution < -0.4 is 4.90 Å². The fourth-order valence-corrected chi connectivity index (χ4v) is 4.43. The molecule has 32 heavy (non-hydrogen) atoms. The van der Waals surface area contributed by atoms with E-state index in [1.807, 2.05) is 41.3 Å². The van der Waals surface area contributed by atoms with Crippen LogP contribution in [0.25, 0.3) is 11.4 Å². The summed E-state index contributed by atoms with van der Waals surface area (Å²) in [5, 5.41) is 0. The van der Waals surface area contributed by atoms with E-state index < -0.39 is 6.04 Å². The Morgan fingerprint density at radius 1 is 0.938 bits per heavy atom. The van der Waals surface area contributed by atoms with Gasteiger partial charge in [0.15, 0.2) is 11.6 Å². The maximum Gasteiger partial charge on any atom is 0.290 e. The van der Waals surface area contributed by atoms with Crippen molar-refractivity contribution in [2.45, 2.75) is 18.9 Å². The lowest BCUT2D eigenvalue weighted by molar-refractivity contribution is -0.135. The zero-order chi connectivity index (χ0) is 21.9. The van der Waals surface area contributed by atoms with Gasteiger partial charge < -0.3 is 19.1 Å². The fourth-order valence-electron chi connectivity index (χ4n) is 4.43. The van der Waals surface area contributed by atoms with Crippen molar-refractivity contribution in [3.8, 4) is 11.4 Å². The van der Waals surface area contributed by atoms with Crippen molar-refractivity contribution in [2.24, 2.45) is 0 Å². The van der Waals surface area contributed by atoms with Crippen molar-refractivity contribution in [2.75, 3.05) is 37.6 Å². The molecule has 2 amide bonds. The zero-order valence-corrected chi connectivity index (χ0v) is 17.8. The fraction of sp³-hybridized carbons (Fsp3) is 0.333. The number of carbonyl (C=O) groups is 2. The molecule has 1 unspecified atom stereocenters. The van der Waals surface area contributed by atoms with E-state index in [4.69, 9.17) is 9.40 Å². The highest BCUT2D eigenvalue weighted by Crippen LogP contribution is 2.24. The molecule has 8 nitrogen and oxygen atoms in total. The highest BCUT2D eigenvalue weighted by atomic mass is 16.3. The first-order chi connectivity index (χ1) is 15.7. The first-order valence-corrected chi connectivity index (χ1v) is 11.0. The van der Waals surface area contributed by atoms with E-state index in [1.54, 1.807) is 23.2 Å². The van der Waals surface area contributed by atoms with Gasteiger partial charge in [-0.25, -0.2) is 9.97 Å². The minimum atomic E-state index is -0.414. The lowest BCUT2D eigenvalue weighted by Crippen LogP contribution is -2.54. The number of piperazine rings is 1. The van der Waals surface area contributed by atoms with Crippen molar-refractivity contribution in [1.82, 2.24) is 19.8 Å². The average Bonchev–Trinajstić information content (AvgIpc) is 3.57. The van der Waals surface area contributed by atoms with Crippen LogP contribution in [0.5, 0.6) is 0 Å². The molecule has 164 valence electrons. The Bertz CT molecular complexity index is 1080. The Morgan fingerprint density at radius 3 is 2.50 bits per heavy atom. The molecule has 1 aromatic carbocycles. The molecular formula is C24H25N5O3. The highest BCUT2D eigenvalue weighted by Gasteiger charge is 2.38. The third-order valence-corrected chi connectivity index (χ3v) is 6.12. The van der Waals surface area contributed by atoms with Crippen molar-refractivity contribution in [1.29, 1.82) is 0 Å². The van der Waals surface area contributed by atoms with E-state index in [0.717, 1.165) is 17.8 Å². The van der Waals surface area contributed by atoms with Crippen molar-refractivity contribution < 1.29 is 14.0 Å². The van der Waals surface area contributed by atoms with Gasteiger partial charge in [0.25, 0.3) is 5.91 Å². The minimum Gasteiger partial charge on any atom is -0.459 e. The van der Waals surface area contributed by atoms with E-state index in [0.29, 0.717) is 45.0 Å². The molecule has 5 rings (SSSR count). The Hall–Kier alpha value is -3.68. The number of likely N-dealkylation sites (tertiary alicyclic amines) is 1. The lowest BCUT2D eigenvalue weighted by Gasteiger charge is -2.37. The quantitative estimate of drug-likeness (QED) is 0.632. The molecule has 3 aromatic rings. The predicted molar refractivity (Wildman–Crippen MR) is 119 cm³/mol. The van der Waals surface area contributed by atoms with Gasteiger partial charge in [-0.1, -0.05) is 30.3 Å². The number of carbonyl (C=O) groups excluding carboxylic acids is 2. The van der Waals surface area contributed by atoms with Gasteiger partial charge in [-0.15, -0.1) is 0 Å². The number of nitrogens with zero attached hydrogens (tertiary/aromatic N) is 5. The summed E-state index contributed by atoms with van der Waals surface area (Å²) in [6, 6.07) is 14.7. The molecular weight excluding hydrogens is 406 g/mol. The maximum atomic E-state index is 13.2. The number of anilines is 1. The van der Waals surface area contributed by atoms with Crippen LogP contribution in [0.3, 0.4) is 0 Å². The van der Waals surface area contributed by atoms with Crippen LogP contribution in [0.1, 0.15) is 23.4 Å². The minimum absolute atomic E-state index is 0.0229. The van der Waals surface area contributed by atoms with Gasteiger partial charge in [0, 0.05) is 44.5 Å². The molecule has 0 bridgehead atoms. The van der Waals surface area contributed by atoms with E-state index >= 15 is 0 Å². The Morgan fingerprint density at radius 2 is 1.75 bits per heavy atom. The molecule has 8 heteroatoms. The van der Waals surface area contributed by atoms with Crippen LogP contribution in [0.15, 0.2) is 65.4 Å². The van der Waals surface area contributed by atoms with Crippen LogP contribution in [0.2, 0.25) is 0 Å². The number of amides is 2. The average molecular weight is 431 g/mol. The summed E-state index contributed by atoms with van der Waals surface area (Å²) in [5.41, 5.74) is 0.978. The first-order valence-electron chi connectivity index (χ1n) is 11.0. The van der Waals surface area contributed by atoms with Gasteiger partial charge in [-0.05, 0) is 31.0 Å². The number of rotatable bonds is 4. The van der Waals surface area contributed by atoms with E-state index in [-0.39, 0.29) is 17.6 Å². The molecule has 2 aromatic heterocycles. The van der Waals surface area contributed by atoms with Crippen molar-refractivity contribution in [3.63, 3.8) is 0 Å². The molecule has 0 radical (unpaired) electrons. The molecule has 4 heterocycles. The Labute approximate surface area is 186 Å². The van der Waals surface area contributed by atoms with Crippen LogP contribution >= 0.6 is 0 Å². The van der Waals surface area contributed by atoms with Gasteiger partial charge >= 0.3 is 0 Å². The maximum absolute atomic E-state index is 13.2. The Balaban J connectivity index is 1.23. The summed E-state index contributed by atoms with van der Waals surface area (Å²) in [6.07, 6.45) is 4.78. The summed E-state index contributed by atoms with van der Waals surface area (Å²) < 4.78 is 5.25. The van der Waals surface area contributed by atoms with Gasteiger partial charge in [-0.2, -0.15) is 0 Å². The molecule has 2 fully saturated rings. The van der Waals surface area contributed by atoms with Crippen LogP contribution in [0, 0.1) is 0 Å². The standard InChI is InChI=1S/C24H25N5O3/c30-23(19-8-4-12-29(19)24(31)20-9-5-17-32-20)28-15-13-27(14-16-28)21-10-11-25-22(26-21)18-6-2-1-3-7-18/h1-3,5-7,9-11,17,19H,4,8,12-16H2. The number of hydrogen-bond acceptors (Lipinski definition) is 6. The number of hydrogen-bond donors (Lipinski definition) is 0. The number of benzene rings is 1. The summed E-state index contributed by atoms with van der Waals surface area (Å²) in [6.45, 7) is 3.16. The van der Waals surface area contributed by atoms with Gasteiger partial charge in [-0.3, -0.25) is 9.59 Å². The smallest absolute Gasteiger partial charge is 0.290 e. The first kappa shape index (κ1) is 20.2. The molecule has 0 N–H and O–H groups in total.